The largest absolute Gasteiger partial charge is 0.466 e. The van der Waals surface area contributed by atoms with Crippen LogP contribution in [0.1, 0.15) is 50.7 Å². The molecule has 1 N–H and O–H groups in total. The number of ether oxygens (including phenoxy) is 1. The molecular weight excluding hydrogens is 507 g/mol. The molecular formula is C23H35IN4O3. The molecule has 1 atom stereocenters. The molecule has 2 saturated heterocycles. The van der Waals surface area contributed by atoms with Crippen LogP contribution in [-0.2, 0) is 27.4 Å². The topological polar surface area (TPSA) is 74.2 Å². The van der Waals surface area contributed by atoms with Crippen LogP contribution in [0.15, 0.2) is 29.3 Å². The fourth-order valence-electron chi connectivity index (χ4n) is 4.06. The second-order valence-corrected chi connectivity index (χ2v) is 7.94. The van der Waals surface area contributed by atoms with Crippen molar-refractivity contribution in [3.05, 3.63) is 35.4 Å². The average molecular weight is 542 g/mol. The summed E-state index contributed by atoms with van der Waals surface area (Å²) in [6, 6.07) is 8.34. The fourth-order valence-corrected chi connectivity index (χ4v) is 4.06. The van der Waals surface area contributed by atoms with E-state index < -0.39 is 0 Å². The van der Waals surface area contributed by atoms with Gasteiger partial charge in [-0.2, -0.15) is 0 Å². The van der Waals surface area contributed by atoms with Gasteiger partial charge in [0.25, 0.3) is 0 Å². The van der Waals surface area contributed by atoms with Crippen LogP contribution in [0.3, 0.4) is 0 Å². The molecule has 0 spiro atoms. The van der Waals surface area contributed by atoms with Crippen molar-refractivity contribution in [2.75, 3.05) is 32.8 Å². The number of rotatable bonds is 7. The van der Waals surface area contributed by atoms with Gasteiger partial charge in [0, 0.05) is 39.1 Å². The number of aliphatic imine (C=N–C) groups is 1. The SMILES string of the molecule is CCNC(=NCc1ccc(CN2CCCC2=O)cc1)N1CCCC(C(=O)OCC)C1.I. The van der Waals surface area contributed by atoms with Gasteiger partial charge in [-0.3, -0.25) is 9.59 Å². The minimum absolute atomic E-state index is 0. The number of likely N-dealkylation sites (tertiary alicyclic amines) is 2. The molecule has 3 rings (SSSR count). The molecule has 2 aliphatic rings. The summed E-state index contributed by atoms with van der Waals surface area (Å²) >= 11 is 0. The Bertz CT molecular complexity index is 754. The van der Waals surface area contributed by atoms with Crippen molar-refractivity contribution >= 4 is 41.8 Å². The van der Waals surface area contributed by atoms with Gasteiger partial charge in [0.1, 0.15) is 0 Å². The van der Waals surface area contributed by atoms with E-state index in [0.29, 0.717) is 32.7 Å². The summed E-state index contributed by atoms with van der Waals surface area (Å²) in [5, 5.41) is 3.36. The van der Waals surface area contributed by atoms with Crippen LogP contribution in [0.25, 0.3) is 0 Å². The first kappa shape index (κ1) is 25.4. The normalized spacial score (nSPS) is 19.2. The maximum atomic E-state index is 12.1. The van der Waals surface area contributed by atoms with Gasteiger partial charge in [-0.1, -0.05) is 24.3 Å². The summed E-state index contributed by atoms with van der Waals surface area (Å²) < 4.78 is 5.21. The Kier molecular flexibility index (Phi) is 10.6. The van der Waals surface area contributed by atoms with Gasteiger partial charge < -0.3 is 19.9 Å². The first-order chi connectivity index (χ1) is 14.6. The standard InChI is InChI=1S/C23H34N4O3.HI/c1-3-24-23(27-14-5-7-20(17-27)22(29)30-4-2)25-15-18-9-11-19(12-10-18)16-26-13-6-8-21(26)28;/h9-12,20H,3-8,13-17H2,1-2H3,(H,24,25);1H. The third-order valence-electron chi connectivity index (χ3n) is 5.65. The number of halogens is 1. The zero-order valence-corrected chi connectivity index (χ0v) is 21.0. The maximum absolute atomic E-state index is 12.1. The summed E-state index contributed by atoms with van der Waals surface area (Å²) in [7, 11) is 0. The Morgan fingerprint density at radius 1 is 1.16 bits per heavy atom. The number of carbonyl (C=O) groups is 2. The molecule has 8 heteroatoms. The molecule has 2 heterocycles. The van der Waals surface area contributed by atoms with Gasteiger partial charge in [-0.25, -0.2) is 4.99 Å². The Balaban J connectivity index is 0.00000341. The first-order valence-electron chi connectivity index (χ1n) is 11.2. The zero-order chi connectivity index (χ0) is 21.3. The number of esters is 1. The van der Waals surface area contributed by atoms with Crippen LogP contribution >= 0.6 is 24.0 Å². The lowest BCUT2D eigenvalue weighted by Gasteiger charge is -2.34. The number of nitrogens with zero attached hydrogens (tertiary/aromatic N) is 3. The molecule has 0 aliphatic carbocycles. The highest BCUT2D eigenvalue weighted by molar-refractivity contribution is 14.0. The second-order valence-electron chi connectivity index (χ2n) is 7.94. The lowest BCUT2D eigenvalue weighted by Crippen LogP contribution is -2.48. The van der Waals surface area contributed by atoms with E-state index in [1.165, 1.54) is 0 Å². The number of carbonyl (C=O) groups excluding carboxylic acids is 2. The molecule has 0 bridgehead atoms. The minimum Gasteiger partial charge on any atom is -0.466 e. The molecule has 31 heavy (non-hydrogen) atoms. The third-order valence-corrected chi connectivity index (χ3v) is 5.65. The highest BCUT2D eigenvalue weighted by atomic mass is 127. The molecule has 0 saturated carbocycles. The Labute approximate surface area is 202 Å². The predicted octanol–water partition coefficient (Wildman–Crippen LogP) is 3.17. The minimum atomic E-state index is -0.106. The van der Waals surface area contributed by atoms with E-state index in [2.05, 4.69) is 41.4 Å². The molecule has 0 radical (unpaired) electrons. The average Bonchev–Trinajstić information content (AvgIpc) is 3.17. The molecule has 172 valence electrons. The van der Waals surface area contributed by atoms with Crippen LogP contribution in [0, 0.1) is 5.92 Å². The van der Waals surface area contributed by atoms with Crippen molar-refractivity contribution in [3.63, 3.8) is 0 Å². The number of guanidine groups is 1. The Morgan fingerprint density at radius 2 is 1.90 bits per heavy atom. The van der Waals surface area contributed by atoms with E-state index in [1.807, 2.05) is 11.8 Å². The van der Waals surface area contributed by atoms with E-state index in [0.717, 1.165) is 56.0 Å². The van der Waals surface area contributed by atoms with Crippen LogP contribution in [0.4, 0.5) is 0 Å². The summed E-state index contributed by atoms with van der Waals surface area (Å²) in [6.07, 6.45) is 3.47. The van der Waals surface area contributed by atoms with Gasteiger partial charge in [-0.05, 0) is 44.2 Å². The quantitative estimate of drug-likeness (QED) is 0.248. The Hall–Kier alpha value is -1.84. The molecule has 1 aromatic carbocycles. The number of nitrogens with one attached hydrogen (secondary N) is 1. The Morgan fingerprint density at radius 3 is 2.55 bits per heavy atom. The van der Waals surface area contributed by atoms with Gasteiger partial charge in [0.2, 0.25) is 5.91 Å². The van der Waals surface area contributed by atoms with Crippen molar-refractivity contribution in [2.45, 2.75) is 52.6 Å². The van der Waals surface area contributed by atoms with E-state index in [-0.39, 0.29) is 41.8 Å². The van der Waals surface area contributed by atoms with Crippen LogP contribution in [0.2, 0.25) is 0 Å². The van der Waals surface area contributed by atoms with Gasteiger partial charge in [0.05, 0.1) is 19.1 Å². The molecule has 1 unspecified atom stereocenters. The zero-order valence-electron chi connectivity index (χ0n) is 18.6. The monoisotopic (exact) mass is 542 g/mol. The van der Waals surface area contributed by atoms with Crippen molar-refractivity contribution in [2.24, 2.45) is 10.9 Å². The van der Waals surface area contributed by atoms with E-state index in [1.54, 1.807) is 0 Å². The van der Waals surface area contributed by atoms with Gasteiger partial charge in [-0.15, -0.1) is 24.0 Å². The maximum Gasteiger partial charge on any atom is 0.310 e. The lowest BCUT2D eigenvalue weighted by molar-refractivity contribution is -0.149. The number of piperidine rings is 1. The van der Waals surface area contributed by atoms with Crippen LogP contribution in [-0.4, -0.2) is 60.4 Å². The highest BCUT2D eigenvalue weighted by Crippen LogP contribution is 2.19. The van der Waals surface area contributed by atoms with Crippen molar-refractivity contribution in [3.8, 4) is 0 Å². The molecule has 2 aliphatic heterocycles. The molecule has 0 aromatic heterocycles. The molecule has 2 fully saturated rings. The van der Waals surface area contributed by atoms with E-state index >= 15 is 0 Å². The fraction of sp³-hybridized carbons (Fsp3) is 0.609. The lowest BCUT2D eigenvalue weighted by atomic mass is 9.98. The first-order valence-corrected chi connectivity index (χ1v) is 11.2. The molecule has 1 aromatic rings. The smallest absolute Gasteiger partial charge is 0.310 e. The molecule has 1 amide bonds. The summed E-state index contributed by atoms with van der Waals surface area (Å²) in [4.78, 5) is 32.8. The van der Waals surface area contributed by atoms with E-state index in [4.69, 9.17) is 9.73 Å². The van der Waals surface area contributed by atoms with Crippen molar-refractivity contribution in [1.29, 1.82) is 0 Å². The summed E-state index contributed by atoms with van der Waals surface area (Å²) in [5.74, 6) is 0.903. The number of hydrogen-bond donors (Lipinski definition) is 1. The van der Waals surface area contributed by atoms with Gasteiger partial charge in [0.15, 0.2) is 5.96 Å². The van der Waals surface area contributed by atoms with Crippen molar-refractivity contribution < 1.29 is 14.3 Å². The summed E-state index contributed by atoms with van der Waals surface area (Å²) in [6.45, 7) is 8.76. The second kappa shape index (κ2) is 12.9. The summed E-state index contributed by atoms with van der Waals surface area (Å²) in [5.41, 5.74) is 2.28. The van der Waals surface area contributed by atoms with Gasteiger partial charge >= 0.3 is 5.97 Å². The molecule has 7 nitrogen and oxygen atoms in total. The number of hydrogen-bond acceptors (Lipinski definition) is 4. The van der Waals surface area contributed by atoms with Crippen molar-refractivity contribution in [1.82, 2.24) is 15.1 Å². The predicted molar refractivity (Wildman–Crippen MR) is 132 cm³/mol. The third kappa shape index (κ3) is 7.36. The van der Waals surface area contributed by atoms with Crippen LogP contribution in [0.5, 0.6) is 0 Å². The number of amides is 1. The number of benzene rings is 1. The van der Waals surface area contributed by atoms with E-state index in [9.17, 15) is 9.59 Å². The highest BCUT2D eigenvalue weighted by Gasteiger charge is 2.28. The van der Waals surface area contributed by atoms with Crippen LogP contribution < -0.4 is 5.32 Å².